The SMILES string of the molecule is CC(=O)[C@H](CC(C)C)NO. The molecule has 2 N–H and O–H groups in total. The third kappa shape index (κ3) is 3.58. The minimum Gasteiger partial charge on any atom is -0.316 e. The van der Waals surface area contributed by atoms with E-state index in [0.717, 1.165) is 0 Å². The summed E-state index contributed by atoms with van der Waals surface area (Å²) in [6.45, 7) is 5.48. The molecule has 0 aromatic rings. The van der Waals surface area contributed by atoms with Gasteiger partial charge in [0.05, 0.1) is 6.04 Å². The van der Waals surface area contributed by atoms with Gasteiger partial charge in [-0.25, -0.2) is 0 Å². The predicted molar refractivity (Wildman–Crippen MR) is 38.8 cm³/mol. The van der Waals surface area contributed by atoms with Gasteiger partial charge in [0.2, 0.25) is 0 Å². The first-order valence-electron chi connectivity index (χ1n) is 3.48. The Hall–Kier alpha value is -0.410. The quantitative estimate of drug-likeness (QED) is 0.579. The van der Waals surface area contributed by atoms with E-state index in [1.165, 1.54) is 6.92 Å². The molecule has 0 heterocycles. The molecule has 1 atom stereocenters. The lowest BCUT2D eigenvalue weighted by Crippen LogP contribution is -2.33. The molecule has 0 rings (SSSR count). The van der Waals surface area contributed by atoms with E-state index >= 15 is 0 Å². The van der Waals surface area contributed by atoms with Crippen LogP contribution in [0, 0.1) is 5.92 Å². The number of carbonyl (C=O) groups excluding carboxylic acids is 1. The number of nitrogens with one attached hydrogen (secondary N) is 1. The van der Waals surface area contributed by atoms with Crippen LogP contribution in [-0.2, 0) is 4.79 Å². The molecule has 0 amide bonds. The Bertz CT molecular complexity index is 112. The lowest BCUT2D eigenvalue weighted by Gasteiger charge is -2.12. The standard InChI is InChI=1S/C7H15NO2/c1-5(2)4-7(8-10)6(3)9/h5,7-8,10H,4H2,1-3H3/t7-/m0/s1. The van der Waals surface area contributed by atoms with E-state index < -0.39 is 0 Å². The van der Waals surface area contributed by atoms with Crippen molar-refractivity contribution in [3.05, 3.63) is 0 Å². The topological polar surface area (TPSA) is 49.3 Å². The summed E-state index contributed by atoms with van der Waals surface area (Å²) in [7, 11) is 0. The van der Waals surface area contributed by atoms with Crippen LogP contribution >= 0.6 is 0 Å². The Morgan fingerprint density at radius 2 is 2.10 bits per heavy atom. The Morgan fingerprint density at radius 3 is 2.20 bits per heavy atom. The second-order valence-corrected chi connectivity index (χ2v) is 2.92. The maximum absolute atomic E-state index is 10.7. The molecule has 0 aliphatic heterocycles. The van der Waals surface area contributed by atoms with Crippen LogP contribution in [0.25, 0.3) is 0 Å². The van der Waals surface area contributed by atoms with Gasteiger partial charge in [-0.3, -0.25) is 4.79 Å². The van der Waals surface area contributed by atoms with Gasteiger partial charge < -0.3 is 5.21 Å². The van der Waals surface area contributed by atoms with Crippen LogP contribution in [0.1, 0.15) is 27.2 Å². The van der Waals surface area contributed by atoms with Gasteiger partial charge in [0.25, 0.3) is 0 Å². The van der Waals surface area contributed by atoms with Crippen LogP contribution in [0.5, 0.6) is 0 Å². The number of hydroxylamine groups is 1. The van der Waals surface area contributed by atoms with Crippen LogP contribution in [0.2, 0.25) is 0 Å². The molecular weight excluding hydrogens is 130 g/mol. The van der Waals surface area contributed by atoms with E-state index in [9.17, 15) is 4.79 Å². The highest BCUT2D eigenvalue weighted by atomic mass is 16.5. The first-order chi connectivity index (χ1) is 4.57. The van der Waals surface area contributed by atoms with Crippen molar-refractivity contribution < 1.29 is 10.0 Å². The molecule has 3 nitrogen and oxygen atoms in total. The van der Waals surface area contributed by atoms with Crippen molar-refractivity contribution >= 4 is 5.78 Å². The lowest BCUT2D eigenvalue weighted by atomic mass is 10.0. The van der Waals surface area contributed by atoms with Crippen LogP contribution in [-0.4, -0.2) is 17.0 Å². The molecular formula is C7H15NO2. The average Bonchev–Trinajstić information content (AvgIpc) is 1.81. The first kappa shape index (κ1) is 9.59. The molecule has 0 unspecified atom stereocenters. The van der Waals surface area contributed by atoms with Gasteiger partial charge in [-0.1, -0.05) is 13.8 Å². The van der Waals surface area contributed by atoms with Gasteiger partial charge in [0.15, 0.2) is 0 Å². The Labute approximate surface area is 61.4 Å². The third-order valence-corrected chi connectivity index (χ3v) is 1.35. The summed E-state index contributed by atoms with van der Waals surface area (Å²) in [6.07, 6.45) is 0.686. The average molecular weight is 145 g/mol. The van der Waals surface area contributed by atoms with Gasteiger partial charge >= 0.3 is 0 Å². The normalized spacial score (nSPS) is 13.7. The zero-order valence-electron chi connectivity index (χ0n) is 6.72. The molecule has 60 valence electrons. The molecule has 0 radical (unpaired) electrons. The summed E-state index contributed by atoms with van der Waals surface area (Å²) in [5.74, 6) is 0.407. The van der Waals surface area contributed by atoms with Crippen molar-refractivity contribution in [3.63, 3.8) is 0 Å². The Balaban J connectivity index is 3.72. The number of hydrogen-bond donors (Lipinski definition) is 2. The Morgan fingerprint density at radius 1 is 1.60 bits per heavy atom. The van der Waals surface area contributed by atoms with Crippen LogP contribution in [0.4, 0.5) is 0 Å². The smallest absolute Gasteiger partial charge is 0.149 e. The van der Waals surface area contributed by atoms with E-state index in [2.05, 4.69) is 0 Å². The second-order valence-electron chi connectivity index (χ2n) is 2.92. The molecule has 0 aliphatic rings. The van der Waals surface area contributed by atoms with E-state index in [1.807, 2.05) is 19.3 Å². The number of ketones is 1. The molecule has 0 saturated carbocycles. The van der Waals surface area contributed by atoms with E-state index in [1.54, 1.807) is 0 Å². The summed E-state index contributed by atoms with van der Waals surface area (Å²) in [4.78, 5) is 10.7. The molecule has 0 fully saturated rings. The molecule has 10 heavy (non-hydrogen) atoms. The van der Waals surface area contributed by atoms with Gasteiger partial charge in [-0.15, -0.1) is 0 Å². The van der Waals surface area contributed by atoms with Crippen molar-refractivity contribution in [1.29, 1.82) is 0 Å². The summed E-state index contributed by atoms with van der Waals surface area (Å²) < 4.78 is 0. The first-order valence-corrected chi connectivity index (χ1v) is 3.48. The van der Waals surface area contributed by atoms with Gasteiger partial charge in [-0.05, 0) is 19.3 Å². The third-order valence-electron chi connectivity index (χ3n) is 1.35. The fourth-order valence-corrected chi connectivity index (χ4v) is 0.781. The summed E-state index contributed by atoms with van der Waals surface area (Å²) >= 11 is 0. The van der Waals surface area contributed by atoms with E-state index in [4.69, 9.17) is 5.21 Å². The van der Waals surface area contributed by atoms with Crippen molar-refractivity contribution in [3.8, 4) is 0 Å². The minimum absolute atomic E-state index is 0.0174. The van der Waals surface area contributed by atoms with E-state index in [-0.39, 0.29) is 11.8 Å². The molecule has 0 spiro atoms. The summed E-state index contributed by atoms with van der Waals surface area (Å²) in [5.41, 5.74) is 1.98. The van der Waals surface area contributed by atoms with Crippen molar-refractivity contribution in [2.24, 2.45) is 5.92 Å². The van der Waals surface area contributed by atoms with Gasteiger partial charge in [0, 0.05) is 0 Å². The van der Waals surface area contributed by atoms with Crippen LogP contribution in [0.3, 0.4) is 0 Å². The van der Waals surface area contributed by atoms with Crippen LogP contribution < -0.4 is 5.48 Å². The van der Waals surface area contributed by atoms with Crippen molar-refractivity contribution in [2.75, 3.05) is 0 Å². The lowest BCUT2D eigenvalue weighted by molar-refractivity contribution is -0.121. The van der Waals surface area contributed by atoms with Crippen LogP contribution in [0.15, 0.2) is 0 Å². The maximum atomic E-state index is 10.7. The monoisotopic (exact) mass is 145 g/mol. The summed E-state index contributed by atoms with van der Waals surface area (Å²) in [6, 6.07) is -0.389. The van der Waals surface area contributed by atoms with Crippen molar-refractivity contribution in [2.45, 2.75) is 33.2 Å². The fraction of sp³-hybridized carbons (Fsp3) is 0.857. The molecule has 0 aromatic heterocycles. The zero-order chi connectivity index (χ0) is 8.15. The number of rotatable bonds is 4. The number of Topliss-reactive ketones (excluding diaryl/α,β-unsaturated/α-hetero) is 1. The van der Waals surface area contributed by atoms with Crippen molar-refractivity contribution in [1.82, 2.24) is 5.48 Å². The number of hydrogen-bond acceptors (Lipinski definition) is 3. The molecule has 0 aromatic carbocycles. The van der Waals surface area contributed by atoms with E-state index in [0.29, 0.717) is 12.3 Å². The Kier molecular flexibility index (Phi) is 4.23. The molecule has 0 bridgehead atoms. The predicted octanol–water partition coefficient (Wildman–Crippen LogP) is 0.969. The summed E-state index contributed by atoms with van der Waals surface area (Å²) in [5, 5.41) is 8.47. The maximum Gasteiger partial charge on any atom is 0.149 e. The van der Waals surface area contributed by atoms with Gasteiger partial charge in [-0.2, -0.15) is 5.48 Å². The number of carbonyl (C=O) groups is 1. The zero-order valence-corrected chi connectivity index (χ0v) is 6.72. The second kappa shape index (κ2) is 4.41. The fourth-order valence-electron chi connectivity index (χ4n) is 0.781. The molecule has 0 saturated heterocycles. The highest BCUT2D eigenvalue weighted by molar-refractivity contribution is 5.81. The largest absolute Gasteiger partial charge is 0.316 e. The molecule has 3 heteroatoms. The molecule has 0 aliphatic carbocycles. The highest BCUT2D eigenvalue weighted by Crippen LogP contribution is 2.04. The van der Waals surface area contributed by atoms with Gasteiger partial charge in [0.1, 0.15) is 5.78 Å². The minimum atomic E-state index is -0.389. The highest BCUT2D eigenvalue weighted by Gasteiger charge is 2.13.